The fraction of sp³-hybridized carbons (Fsp3) is 0.500. The summed E-state index contributed by atoms with van der Waals surface area (Å²) < 4.78 is 0. The summed E-state index contributed by atoms with van der Waals surface area (Å²) >= 11 is 1.52. The van der Waals surface area contributed by atoms with E-state index in [0.717, 1.165) is 10.6 Å². The van der Waals surface area contributed by atoms with Crippen molar-refractivity contribution in [1.29, 1.82) is 0 Å². The lowest BCUT2D eigenvalue weighted by Crippen LogP contribution is -2.17. The Morgan fingerprint density at radius 2 is 2.11 bits per heavy atom. The maximum Gasteiger partial charge on any atom is 0.0787 e. The Balaban J connectivity index is 2.57. The largest absolute Gasteiger partial charge is 0.399 e. The number of anilines is 2. The summed E-state index contributed by atoms with van der Waals surface area (Å²) in [5.74, 6) is 0.609. The topological polar surface area (TPSA) is 98.7 Å². The molecule has 0 heterocycles. The smallest absolute Gasteiger partial charge is 0.0787 e. The first-order valence-electron chi connectivity index (χ1n) is 5.83. The van der Waals surface area contributed by atoms with Crippen molar-refractivity contribution in [1.82, 2.24) is 0 Å². The summed E-state index contributed by atoms with van der Waals surface area (Å²) in [6, 6.07) is 5.53. The number of aliphatic hydroxyl groups is 3. The van der Waals surface area contributed by atoms with E-state index in [1.807, 2.05) is 12.1 Å². The van der Waals surface area contributed by atoms with Gasteiger partial charge in [0, 0.05) is 28.6 Å². The van der Waals surface area contributed by atoms with Gasteiger partial charge in [0.15, 0.2) is 0 Å². The Hall–Kier alpha value is -0.950. The van der Waals surface area contributed by atoms with Crippen LogP contribution in [0.25, 0.3) is 0 Å². The number of benzene rings is 1. The Morgan fingerprint density at radius 3 is 2.78 bits per heavy atom. The lowest BCUT2D eigenvalue weighted by molar-refractivity contribution is 0.0911. The molecule has 1 atom stereocenters. The van der Waals surface area contributed by atoms with Crippen LogP contribution in [0.5, 0.6) is 0 Å². The third-order valence-electron chi connectivity index (χ3n) is 2.36. The van der Waals surface area contributed by atoms with Crippen molar-refractivity contribution in [2.45, 2.75) is 17.4 Å². The second-order valence-electron chi connectivity index (χ2n) is 3.88. The maximum atomic E-state index is 9.24. The van der Waals surface area contributed by atoms with Gasteiger partial charge in [-0.2, -0.15) is 0 Å². The van der Waals surface area contributed by atoms with E-state index >= 15 is 0 Å². The highest BCUT2D eigenvalue weighted by Gasteiger charge is 2.05. The van der Waals surface area contributed by atoms with Gasteiger partial charge >= 0.3 is 0 Å². The summed E-state index contributed by atoms with van der Waals surface area (Å²) in [5.41, 5.74) is 7.32. The monoisotopic (exact) mass is 272 g/mol. The molecule has 1 rings (SSSR count). The summed E-state index contributed by atoms with van der Waals surface area (Å²) in [6.07, 6.45) is -0.217. The van der Waals surface area contributed by atoms with Crippen molar-refractivity contribution in [2.75, 3.05) is 36.6 Å². The van der Waals surface area contributed by atoms with E-state index in [4.69, 9.17) is 15.9 Å². The number of nitrogen functional groups attached to an aromatic ring is 1. The van der Waals surface area contributed by atoms with Crippen LogP contribution in [0.15, 0.2) is 23.1 Å². The van der Waals surface area contributed by atoms with Gasteiger partial charge < -0.3 is 26.4 Å². The van der Waals surface area contributed by atoms with Crippen LogP contribution in [-0.4, -0.2) is 46.9 Å². The molecule has 6 N–H and O–H groups in total. The third-order valence-corrected chi connectivity index (χ3v) is 3.39. The molecule has 0 fully saturated rings. The van der Waals surface area contributed by atoms with Gasteiger partial charge in [-0.05, 0) is 24.6 Å². The van der Waals surface area contributed by atoms with Crippen molar-refractivity contribution in [3.8, 4) is 0 Å². The number of hydrogen-bond donors (Lipinski definition) is 5. The van der Waals surface area contributed by atoms with Crippen LogP contribution >= 0.6 is 11.8 Å². The number of nitrogens with two attached hydrogens (primary N) is 1. The second kappa shape index (κ2) is 8.20. The molecule has 0 spiro atoms. The predicted octanol–water partition coefficient (Wildman–Crippen LogP) is 0.508. The van der Waals surface area contributed by atoms with Gasteiger partial charge in [-0.1, -0.05) is 0 Å². The quantitative estimate of drug-likeness (QED) is 0.349. The van der Waals surface area contributed by atoms with Gasteiger partial charge in [-0.3, -0.25) is 0 Å². The highest BCUT2D eigenvalue weighted by atomic mass is 32.2. The van der Waals surface area contributed by atoms with E-state index in [0.29, 0.717) is 24.4 Å². The molecule has 0 amide bonds. The van der Waals surface area contributed by atoms with Crippen molar-refractivity contribution in [2.24, 2.45) is 0 Å². The molecule has 102 valence electrons. The van der Waals surface area contributed by atoms with Crippen molar-refractivity contribution < 1.29 is 15.3 Å². The molecule has 1 unspecified atom stereocenters. The zero-order valence-corrected chi connectivity index (χ0v) is 11.0. The van der Waals surface area contributed by atoms with Gasteiger partial charge in [0.05, 0.1) is 19.3 Å². The lowest BCUT2D eigenvalue weighted by Gasteiger charge is -2.13. The van der Waals surface area contributed by atoms with Crippen LogP contribution in [0.4, 0.5) is 11.4 Å². The van der Waals surface area contributed by atoms with Crippen molar-refractivity contribution in [3.05, 3.63) is 18.2 Å². The molecular weight excluding hydrogens is 252 g/mol. The van der Waals surface area contributed by atoms with Crippen LogP contribution in [0.3, 0.4) is 0 Å². The van der Waals surface area contributed by atoms with Crippen LogP contribution < -0.4 is 11.1 Å². The Morgan fingerprint density at radius 1 is 1.33 bits per heavy atom. The molecule has 1 aromatic rings. The summed E-state index contributed by atoms with van der Waals surface area (Å²) in [4.78, 5) is 0.975. The highest BCUT2D eigenvalue weighted by Crippen LogP contribution is 2.29. The molecule has 0 bridgehead atoms. The van der Waals surface area contributed by atoms with Gasteiger partial charge in [0.2, 0.25) is 0 Å². The van der Waals surface area contributed by atoms with E-state index in [9.17, 15) is 5.11 Å². The van der Waals surface area contributed by atoms with Gasteiger partial charge in [0.1, 0.15) is 0 Å². The molecule has 0 aliphatic rings. The predicted molar refractivity (Wildman–Crippen MR) is 74.9 cm³/mol. The second-order valence-corrected chi connectivity index (χ2v) is 5.02. The van der Waals surface area contributed by atoms with Crippen LogP contribution in [0, 0.1) is 0 Å². The van der Waals surface area contributed by atoms with Crippen molar-refractivity contribution >= 4 is 23.1 Å². The van der Waals surface area contributed by atoms with Gasteiger partial charge in [-0.25, -0.2) is 0 Å². The molecule has 0 aliphatic heterocycles. The molecule has 18 heavy (non-hydrogen) atoms. The number of aliphatic hydroxyl groups excluding tert-OH is 3. The SMILES string of the molecule is Nc1ccc(NCCC(O)CO)c(SCCO)c1. The minimum absolute atomic E-state index is 0.113. The van der Waals surface area contributed by atoms with E-state index in [1.54, 1.807) is 6.07 Å². The normalized spacial score (nSPS) is 12.4. The minimum Gasteiger partial charge on any atom is -0.399 e. The number of nitrogens with one attached hydrogen (secondary N) is 1. The van der Waals surface area contributed by atoms with Crippen LogP contribution in [0.1, 0.15) is 6.42 Å². The molecule has 1 aromatic carbocycles. The first-order valence-corrected chi connectivity index (χ1v) is 6.82. The number of rotatable bonds is 8. The molecular formula is C12H20N2O3S. The molecule has 0 aliphatic carbocycles. The summed E-state index contributed by atoms with van der Waals surface area (Å²) in [7, 11) is 0. The Labute approximate surface area is 111 Å². The Bertz CT molecular complexity index is 363. The molecule has 0 saturated carbocycles. The fourth-order valence-corrected chi connectivity index (χ4v) is 2.25. The van der Waals surface area contributed by atoms with Crippen molar-refractivity contribution in [3.63, 3.8) is 0 Å². The number of thioether (sulfide) groups is 1. The zero-order valence-electron chi connectivity index (χ0n) is 10.2. The van der Waals surface area contributed by atoms with Gasteiger partial charge in [0.25, 0.3) is 0 Å². The zero-order chi connectivity index (χ0) is 13.4. The molecule has 0 aromatic heterocycles. The average molecular weight is 272 g/mol. The molecule has 5 nitrogen and oxygen atoms in total. The standard InChI is InChI=1S/C12H20N2O3S/c13-9-1-2-11(12(7-9)18-6-5-15)14-4-3-10(17)8-16/h1-2,7,10,14-17H,3-6,8,13H2. The van der Waals surface area contributed by atoms with E-state index in [2.05, 4.69) is 5.32 Å². The Kier molecular flexibility index (Phi) is 6.89. The van der Waals surface area contributed by atoms with Gasteiger partial charge in [-0.15, -0.1) is 11.8 Å². The van der Waals surface area contributed by atoms with Crippen LogP contribution in [-0.2, 0) is 0 Å². The lowest BCUT2D eigenvalue weighted by atomic mass is 10.2. The highest BCUT2D eigenvalue weighted by molar-refractivity contribution is 7.99. The maximum absolute atomic E-state index is 9.24. The first-order chi connectivity index (χ1) is 8.67. The van der Waals surface area contributed by atoms with E-state index < -0.39 is 6.10 Å². The average Bonchev–Trinajstić information content (AvgIpc) is 2.38. The first kappa shape index (κ1) is 15.1. The van der Waals surface area contributed by atoms with E-state index in [1.165, 1.54) is 11.8 Å². The van der Waals surface area contributed by atoms with Crippen LogP contribution in [0.2, 0.25) is 0 Å². The molecule has 6 heteroatoms. The fourth-order valence-electron chi connectivity index (χ4n) is 1.42. The molecule has 0 saturated heterocycles. The molecule has 0 radical (unpaired) electrons. The minimum atomic E-state index is -0.695. The number of hydrogen-bond acceptors (Lipinski definition) is 6. The summed E-state index contributed by atoms with van der Waals surface area (Å²) in [5, 5.41) is 30.0. The summed E-state index contributed by atoms with van der Waals surface area (Å²) in [6.45, 7) is 0.454. The third kappa shape index (κ3) is 5.14. The van der Waals surface area contributed by atoms with E-state index in [-0.39, 0.29) is 13.2 Å².